The van der Waals surface area contributed by atoms with Crippen molar-refractivity contribution in [1.82, 2.24) is 4.98 Å². The minimum atomic E-state index is 0.192. The smallest absolute Gasteiger partial charge is 0.0437 e. The molecule has 2 nitrogen and oxygen atoms in total. The molecule has 1 atom stereocenters. The summed E-state index contributed by atoms with van der Waals surface area (Å²) in [6, 6.07) is 11.0. The van der Waals surface area contributed by atoms with Gasteiger partial charge in [0.2, 0.25) is 0 Å². The van der Waals surface area contributed by atoms with Crippen LogP contribution in [0.5, 0.6) is 0 Å². The number of rotatable bonds is 4. The van der Waals surface area contributed by atoms with Gasteiger partial charge in [-0.2, -0.15) is 0 Å². The summed E-state index contributed by atoms with van der Waals surface area (Å²) >= 11 is 0. The van der Waals surface area contributed by atoms with Crippen molar-refractivity contribution in [2.24, 2.45) is 0 Å². The number of hydrogen-bond donors (Lipinski definition) is 2. The lowest BCUT2D eigenvalue weighted by Crippen LogP contribution is -2.10. The molecule has 0 amide bonds. The van der Waals surface area contributed by atoms with Crippen molar-refractivity contribution in [1.29, 1.82) is 0 Å². The molecule has 0 saturated carbocycles. The predicted molar refractivity (Wildman–Crippen MR) is 85.0 cm³/mol. The zero-order valence-electron chi connectivity index (χ0n) is 12.9. The molecule has 0 radical (unpaired) electrons. The van der Waals surface area contributed by atoms with Gasteiger partial charge in [-0.1, -0.05) is 52.0 Å². The van der Waals surface area contributed by atoms with E-state index < -0.39 is 0 Å². The highest BCUT2D eigenvalue weighted by molar-refractivity contribution is 5.64. The van der Waals surface area contributed by atoms with E-state index in [0.717, 1.165) is 6.42 Å². The molecule has 0 aliphatic rings. The van der Waals surface area contributed by atoms with E-state index in [2.05, 4.69) is 69.2 Å². The summed E-state index contributed by atoms with van der Waals surface area (Å²) in [4.78, 5) is 3.32. The van der Waals surface area contributed by atoms with E-state index in [1.54, 1.807) is 0 Å². The van der Waals surface area contributed by atoms with Crippen molar-refractivity contribution in [3.63, 3.8) is 0 Å². The topological polar surface area (TPSA) is 36.0 Å². The molecular formula is C18H25NO. The van der Waals surface area contributed by atoms with Gasteiger partial charge >= 0.3 is 0 Å². The predicted octanol–water partition coefficient (Wildman–Crippen LogP) is 4.47. The monoisotopic (exact) mass is 271 g/mol. The zero-order valence-corrected chi connectivity index (χ0v) is 12.9. The lowest BCUT2D eigenvalue weighted by Gasteiger charge is -2.19. The van der Waals surface area contributed by atoms with E-state index >= 15 is 0 Å². The third-order valence-corrected chi connectivity index (χ3v) is 3.88. The summed E-state index contributed by atoms with van der Waals surface area (Å²) in [6.07, 6.45) is 2.85. The number of aliphatic hydroxyl groups excluding tert-OH is 1. The van der Waals surface area contributed by atoms with Crippen molar-refractivity contribution in [3.8, 4) is 11.1 Å². The third kappa shape index (κ3) is 3.31. The second kappa shape index (κ2) is 5.84. The van der Waals surface area contributed by atoms with E-state index in [0.29, 0.717) is 5.92 Å². The molecule has 0 bridgehead atoms. The lowest BCUT2D eigenvalue weighted by molar-refractivity contribution is 0.278. The van der Waals surface area contributed by atoms with Crippen LogP contribution in [0, 0.1) is 0 Å². The highest BCUT2D eigenvalue weighted by Crippen LogP contribution is 2.28. The van der Waals surface area contributed by atoms with Gasteiger partial charge in [-0.15, -0.1) is 0 Å². The first kappa shape index (κ1) is 14.9. The van der Waals surface area contributed by atoms with Crippen LogP contribution in [0.25, 0.3) is 11.1 Å². The number of benzene rings is 1. The summed E-state index contributed by atoms with van der Waals surface area (Å²) in [5.74, 6) is 0.364. The molecule has 0 fully saturated rings. The molecule has 2 aromatic rings. The number of hydrogen-bond acceptors (Lipinski definition) is 1. The number of aromatic amines is 1. The van der Waals surface area contributed by atoms with Gasteiger partial charge in [0.1, 0.15) is 0 Å². The number of nitrogens with one attached hydrogen (secondary N) is 1. The standard InChI is InChI=1S/C18H25NO/c1-13(9-10-20)17-11-15(12-19-17)14-5-7-16(8-6-14)18(2,3)4/h5-8,11-13,19-20H,9-10H2,1-4H3. The second-order valence-electron chi connectivity index (χ2n) is 6.58. The maximum Gasteiger partial charge on any atom is 0.0437 e. The summed E-state index contributed by atoms with van der Waals surface area (Å²) in [5.41, 5.74) is 5.18. The van der Waals surface area contributed by atoms with Crippen molar-refractivity contribution in [3.05, 3.63) is 47.8 Å². The highest BCUT2D eigenvalue weighted by Gasteiger charge is 2.13. The van der Waals surface area contributed by atoms with E-state index in [1.807, 2.05) is 0 Å². The fourth-order valence-electron chi connectivity index (χ4n) is 2.37. The van der Waals surface area contributed by atoms with Crippen LogP contribution < -0.4 is 0 Å². The minimum absolute atomic E-state index is 0.192. The molecule has 1 heterocycles. The van der Waals surface area contributed by atoms with Crippen LogP contribution in [-0.4, -0.2) is 16.7 Å². The average Bonchev–Trinajstić information content (AvgIpc) is 2.88. The van der Waals surface area contributed by atoms with Gasteiger partial charge in [0.15, 0.2) is 0 Å². The van der Waals surface area contributed by atoms with Crippen LogP contribution >= 0.6 is 0 Å². The van der Waals surface area contributed by atoms with Crippen molar-refractivity contribution in [2.45, 2.75) is 45.4 Å². The van der Waals surface area contributed by atoms with E-state index in [9.17, 15) is 0 Å². The Morgan fingerprint density at radius 3 is 2.30 bits per heavy atom. The van der Waals surface area contributed by atoms with Crippen LogP contribution in [0.2, 0.25) is 0 Å². The second-order valence-corrected chi connectivity index (χ2v) is 6.58. The van der Waals surface area contributed by atoms with Crippen LogP contribution in [0.3, 0.4) is 0 Å². The fourth-order valence-corrected chi connectivity index (χ4v) is 2.37. The Hall–Kier alpha value is -1.54. The molecule has 1 aromatic heterocycles. The Morgan fingerprint density at radius 2 is 1.75 bits per heavy atom. The molecule has 1 unspecified atom stereocenters. The zero-order chi connectivity index (χ0) is 14.8. The normalized spacial score (nSPS) is 13.4. The van der Waals surface area contributed by atoms with Gasteiger partial charge in [0.25, 0.3) is 0 Å². The SMILES string of the molecule is CC(CCO)c1cc(-c2ccc(C(C)(C)C)cc2)c[nH]1. The molecule has 108 valence electrons. The fraction of sp³-hybridized carbons (Fsp3) is 0.444. The van der Waals surface area contributed by atoms with Gasteiger partial charge in [-0.3, -0.25) is 0 Å². The number of aliphatic hydroxyl groups is 1. The molecule has 0 saturated heterocycles. The van der Waals surface area contributed by atoms with Gasteiger partial charge in [0.05, 0.1) is 0 Å². The van der Waals surface area contributed by atoms with Gasteiger partial charge in [-0.25, -0.2) is 0 Å². The largest absolute Gasteiger partial charge is 0.396 e. The molecule has 0 spiro atoms. The van der Waals surface area contributed by atoms with E-state index in [1.165, 1.54) is 22.4 Å². The van der Waals surface area contributed by atoms with Gasteiger partial charge in [-0.05, 0) is 40.5 Å². The molecule has 2 N–H and O–H groups in total. The van der Waals surface area contributed by atoms with Crippen LogP contribution in [-0.2, 0) is 5.41 Å². The highest BCUT2D eigenvalue weighted by atomic mass is 16.3. The van der Waals surface area contributed by atoms with Crippen LogP contribution in [0.4, 0.5) is 0 Å². The molecule has 2 heteroatoms. The van der Waals surface area contributed by atoms with E-state index in [4.69, 9.17) is 5.11 Å². The Balaban J connectivity index is 2.20. The summed E-state index contributed by atoms with van der Waals surface area (Å²) in [7, 11) is 0. The summed E-state index contributed by atoms with van der Waals surface area (Å²) < 4.78 is 0. The first-order valence-corrected chi connectivity index (χ1v) is 7.32. The first-order chi connectivity index (χ1) is 9.41. The maximum absolute atomic E-state index is 9.01. The summed E-state index contributed by atoms with van der Waals surface area (Å²) in [6.45, 7) is 9.05. The third-order valence-electron chi connectivity index (χ3n) is 3.88. The van der Waals surface area contributed by atoms with Crippen molar-refractivity contribution >= 4 is 0 Å². The first-order valence-electron chi connectivity index (χ1n) is 7.32. The Kier molecular flexibility index (Phi) is 4.34. The average molecular weight is 271 g/mol. The quantitative estimate of drug-likeness (QED) is 0.846. The van der Waals surface area contributed by atoms with Crippen LogP contribution in [0.15, 0.2) is 36.5 Å². The molecule has 1 aromatic carbocycles. The van der Waals surface area contributed by atoms with Crippen molar-refractivity contribution in [2.75, 3.05) is 6.61 Å². The van der Waals surface area contributed by atoms with E-state index in [-0.39, 0.29) is 12.0 Å². The minimum Gasteiger partial charge on any atom is -0.396 e. The Morgan fingerprint density at radius 1 is 1.10 bits per heavy atom. The maximum atomic E-state index is 9.01. The van der Waals surface area contributed by atoms with Crippen molar-refractivity contribution < 1.29 is 5.11 Å². The van der Waals surface area contributed by atoms with Crippen LogP contribution in [0.1, 0.15) is 51.3 Å². The van der Waals surface area contributed by atoms with Gasteiger partial charge < -0.3 is 10.1 Å². The number of aromatic nitrogens is 1. The summed E-state index contributed by atoms with van der Waals surface area (Å²) in [5, 5.41) is 9.01. The molecular weight excluding hydrogens is 246 g/mol. The molecule has 0 aliphatic carbocycles. The lowest BCUT2D eigenvalue weighted by atomic mass is 9.86. The van der Waals surface area contributed by atoms with Gasteiger partial charge in [0, 0.05) is 18.5 Å². The molecule has 20 heavy (non-hydrogen) atoms. The Bertz CT molecular complexity index is 546. The Labute approximate surface area is 121 Å². The molecule has 2 rings (SSSR count). The number of H-pyrrole nitrogens is 1. The molecule has 0 aliphatic heterocycles.